The molecular formula is C18H32N4O8S. The Morgan fingerprint density at radius 1 is 0.935 bits per heavy atom. The van der Waals surface area contributed by atoms with Gasteiger partial charge in [0.2, 0.25) is 17.7 Å². The molecule has 0 saturated heterocycles. The molecule has 178 valence electrons. The van der Waals surface area contributed by atoms with Gasteiger partial charge in [-0.05, 0) is 24.3 Å². The number of carboxylic acid groups (broad SMARTS) is 2. The number of rotatable bonds is 15. The third-order valence-electron chi connectivity index (χ3n) is 4.61. The normalized spacial score (nSPS) is 15.6. The molecule has 0 bridgehead atoms. The van der Waals surface area contributed by atoms with Gasteiger partial charge in [0.1, 0.15) is 18.1 Å². The topological polar surface area (TPSA) is 208 Å². The molecule has 0 heterocycles. The van der Waals surface area contributed by atoms with Gasteiger partial charge in [0.15, 0.2) is 0 Å². The Kier molecular flexibility index (Phi) is 13.5. The van der Waals surface area contributed by atoms with E-state index in [-0.39, 0.29) is 12.3 Å². The van der Waals surface area contributed by atoms with Crippen LogP contribution in [0, 0.1) is 5.92 Å². The molecule has 0 rings (SSSR count). The van der Waals surface area contributed by atoms with Gasteiger partial charge in [0.05, 0.1) is 19.1 Å². The van der Waals surface area contributed by atoms with Crippen molar-refractivity contribution in [2.45, 2.75) is 57.3 Å². The highest BCUT2D eigenvalue weighted by Gasteiger charge is 2.31. The van der Waals surface area contributed by atoms with Crippen molar-refractivity contribution in [3.05, 3.63) is 0 Å². The highest BCUT2D eigenvalue weighted by Crippen LogP contribution is 2.08. The number of carbonyl (C=O) groups is 5. The summed E-state index contributed by atoms with van der Waals surface area (Å²) in [6.07, 6.45) is 1.81. The molecule has 0 aromatic heterocycles. The minimum atomic E-state index is -1.67. The number of aliphatic carboxylic acids is 2. The molecule has 0 aliphatic rings. The fourth-order valence-electron chi connectivity index (χ4n) is 2.40. The third-order valence-corrected chi connectivity index (χ3v) is 5.26. The summed E-state index contributed by atoms with van der Waals surface area (Å²) in [5.41, 5.74) is 5.89. The summed E-state index contributed by atoms with van der Waals surface area (Å²) in [5, 5.41) is 33.7. The van der Waals surface area contributed by atoms with E-state index >= 15 is 0 Å². The Labute approximate surface area is 184 Å². The summed E-state index contributed by atoms with van der Waals surface area (Å²) >= 11 is 1.42. The van der Waals surface area contributed by atoms with Crippen LogP contribution in [-0.4, -0.2) is 87.8 Å². The number of hydrogen-bond acceptors (Lipinski definition) is 8. The van der Waals surface area contributed by atoms with Crippen LogP contribution in [0.5, 0.6) is 0 Å². The molecule has 5 atom stereocenters. The molecule has 31 heavy (non-hydrogen) atoms. The Hall–Kier alpha value is -2.38. The maximum absolute atomic E-state index is 12.7. The lowest BCUT2D eigenvalue weighted by Gasteiger charge is -2.25. The summed E-state index contributed by atoms with van der Waals surface area (Å²) in [7, 11) is 0. The monoisotopic (exact) mass is 464 g/mol. The molecule has 13 heteroatoms. The van der Waals surface area contributed by atoms with E-state index in [2.05, 4.69) is 10.6 Å². The predicted molar refractivity (Wildman–Crippen MR) is 113 cm³/mol. The van der Waals surface area contributed by atoms with Gasteiger partial charge in [-0.1, -0.05) is 20.3 Å². The minimum absolute atomic E-state index is 0.138. The number of carbonyl (C=O) groups excluding carboxylic acids is 3. The summed E-state index contributed by atoms with van der Waals surface area (Å²) in [6, 6.07) is -5.21. The van der Waals surface area contributed by atoms with Crippen LogP contribution in [0.15, 0.2) is 0 Å². The quantitative estimate of drug-likeness (QED) is 0.143. The van der Waals surface area contributed by atoms with Crippen LogP contribution >= 0.6 is 11.8 Å². The van der Waals surface area contributed by atoms with E-state index in [1.807, 2.05) is 12.2 Å². The molecule has 3 amide bonds. The van der Waals surface area contributed by atoms with Crippen molar-refractivity contribution < 1.29 is 39.3 Å². The number of carboxylic acids is 2. The van der Waals surface area contributed by atoms with Gasteiger partial charge in [-0.2, -0.15) is 11.8 Å². The lowest BCUT2D eigenvalue weighted by Crippen LogP contribution is -2.58. The van der Waals surface area contributed by atoms with Gasteiger partial charge < -0.3 is 37.0 Å². The second kappa shape index (κ2) is 14.6. The van der Waals surface area contributed by atoms with Gasteiger partial charge in [0, 0.05) is 0 Å². The summed E-state index contributed by atoms with van der Waals surface area (Å²) in [5.74, 6) is -5.06. The van der Waals surface area contributed by atoms with Crippen molar-refractivity contribution in [1.82, 2.24) is 16.0 Å². The van der Waals surface area contributed by atoms with E-state index in [4.69, 9.17) is 21.1 Å². The van der Waals surface area contributed by atoms with E-state index < -0.39 is 66.9 Å². The largest absolute Gasteiger partial charge is 0.481 e. The number of amides is 3. The molecule has 0 spiro atoms. The summed E-state index contributed by atoms with van der Waals surface area (Å²) < 4.78 is 0. The van der Waals surface area contributed by atoms with Crippen LogP contribution < -0.4 is 21.7 Å². The van der Waals surface area contributed by atoms with Gasteiger partial charge >= 0.3 is 11.9 Å². The van der Waals surface area contributed by atoms with E-state index in [9.17, 15) is 24.0 Å². The lowest BCUT2D eigenvalue weighted by atomic mass is 9.99. The Morgan fingerprint density at radius 3 is 1.90 bits per heavy atom. The fraction of sp³-hybridized carbons (Fsp3) is 0.722. The summed E-state index contributed by atoms with van der Waals surface area (Å²) in [6.45, 7) is 2.73. The van der Waals surface area contributed by atoms with Crippen LogP contribution in [0.3, 0.4) is 0 Å². The average molecular weight is 465 g/mol. The van der Waals surface area contributed by atoms with Crippen molar-refractivity contribution in [3.8, 4) is 0 Å². The smallest absolute Gasteiger partial charge is 0.328 e. The van der Waals surface area contributed by atoms with E-state index in [1.54, 1.807) is 13.2 Å². The molecule has 0 aromatic carbocycles. The highest BCUT2D eigenvalue weighted by atomic mass is 32.2. The number of nitrogens with two attached hydrogens (primary N) is 1. The molecular weight excluding hydrogens is 432 g/mol. The SMILES string of the molecule is CCC(C)C(N)C(=O)NC(CCSC)C(=O)NC(CC(=O)O)C(=O)NC(CO)C(=O)O. The molecule has 0 fully saturated rings. The minimum Gasteiger partial charge on any atom is -0.481 e. The van der Waals surface area contributed by atoms with Crippen molar-refractivity contribution in [2.75, 3.05) is 18.6 Å². The molecule has 0 radical (unpaired) electrons. The zero-order valence-electron chi connectivity index (χ0n) is 17.8. The van der Waals surface area contributed by atoms with Gasteiger partial charge in [-0.3, -0.25) is 19.2 Å². The standard InChI is InChI=1S/C18H32N4O8S/c1-4-9(2)14(19)17(28)20-10(5-6-31-3)15(26)21-11(7-13(24)25)16(27)22-12(8-23)18(29)30/h9-12,14,23H,4-8,19H2,1-3H3,(H,20,28)(H,21,26)(H,22,27)(H,24,25)(H,29,30). The molecule has 5 unspecified atom stereocenters. The van der Waals surface area contributed by atoms with Gasteiger partial charge in [0.25, 0.3) is 0 Å². The second-order valence-corrected chi connectivity index (χ2v) is 7.98. The maximum Gasteiger partial charge on any atom is 0.328 e. The van der Waals surface area contributed by atoms with Crippen LogP contribution in [0.4, 0.5) is 0 Å². The van der Waals surface area contributed by atoms with E-state index in [0.717, 1.165) is 0 Å². The van der Waals surface area contributed by atoms with Crippen molar-refractivity contribution in [2.24, 2.45) is 11.7 Å². The molecule has 8 N–H and O–H groups in total. The fourth-order valence-corrected chi connectivity index (χ4v) is 2.87. The summed E-state index contributed by atoms with van der Waals surface area (Å²) in [4.78, 5) is 59.5. The molecule has 0 aliphatic carbocycles. The first kappa shape index (κ1) is 28.6. The number of thioether (sulfide) groups is 1. The molecule has 0 aliphatic heterocycles. The number of aliphatic hydroxyl groups is 1. The first-order valence-corrected chi connectivity index (χ1v) is 11.1. The number of aliphatic hydroxyl groups excluding tert-OH is 1. The van der Waals surface area contributed by atoms with Crippen molar-refractivity contribution in [3.63, 3.8) is 0 Å². The van der Waals surface area contributed by atoms with Crippen LogP contribution in [0.25, 0.3) is 0 Å². The number of hydrogen-bond donors (Lipinski definition) is 7. The average Bonchev–Trinajstić information content (AvgIpc) is 2.71. The number of nitrogens with one attached hydrogen (secondary N) is 3. The predicted octanol–water partition coefficient (Wildman–Crippen LogP) is -1.88. The van der Waals surface area contributed by atoms with Gasteiger partial charge in [-0.25, -0.2) is 4.79 Å². The Morgan fingerprint density at radius 2 is 1.45 bits per heavy atom. The molecule has 12 nitrogen and oxygen atoms in total. The molecule has 0 aromatic rings. The highest BCUT2D eigenvalue weighted by molar-refractivity contribution is 7.98. The van der Waals surface area contributed by atoms with Gasteiger partial charge in [-0.15, -0.1) is 0 Å². The zero-order valence-corrected chi connectivity index (χ0v) is 18.6. The maximum atomic E-state index is 12.7. The third kappa shape index (κ3) is 10.5. The van der Waals surface area contributed by atoms with Crippen molar-refractivity contribution in [1.29, 1.82) is 0 Å². The zero-order chi connectivity index (χ0) is 24.1. The van der Waals surface area contributed by atoms with Crippen LogP contribution in [0.2, 0.25) is 0 Å². The first-order chi connectivity index (χ1) is 14.5. The second-order valence-electron chi connectivity index (χ2n) is 6.99. The molecule has 0 saturated carbocycles. The van der Waals surface area contributed by atoms with Crippen molar-refractivity contribution >= 4 is 41.4 Å². The Bertz CT molecular complexity index is 648. The van der Waals surface area contributed by atoms with Crippen LogP contribution in [-0.2, 0) is 24.0 Å². The van der Waals surface area contributed by atoms with E-state index in [0.29, 0.717) is 12.2 Å². The van der Waals surface area contributed by atoms with Crippen LogP contribution in [0.1, 0.15) is 33.1 Å². The van der Waals surface area contributed by atoms with E-state index in [1.165, 1.54) is 11.8 Å². The lowest BCUT2D eigenvalue weighted by molar-refractivity contribution is -0.144. The Balaban J connectivity index is 5.42. The first-order valence-electron chi connectivity index (χ1n) is 9.69.